The summed E-state index contributed by atoms with van der Waals surface area (Å²) in [6.07, 6.45) is 3.19. The molecule has 0 radical (unpaired) electrons. The molecule has 2 heterocycles. The predicted molar refractivity (Wildman–Crippen MR) is 118 cm³/mol. The van der Waals surface area contributed by atoms with E-state index in [1.54, 1.807) is 6.26 Å². The fraction of sp³-hybridized carbons (Fsp3) is 0.480. The standard InChI is InChI=1S/C25H31N3O2/c1-3-5-12-27(20-23-11-8-17-30-23)24(29)25(28-15-13-26(4-2)14-16-28)18-21-9-6-7-10-22(21)19-25/h6-11,17H,4,12-16,18-20H2,1-2H3. The van der Waals surface area contributed by atoms with Gasteiger partial charge in [0.25, 0.3) is 0 Å². The van der Waals surface area contributed by atoms with Gasteiger partial charge in [0.2, 0.25) is 5.91 Å². The van der Waals surface area contributed by atoms with Crippen molar-refractivity contribution in [3.63, 3.8) is 0 Å². The number of hydrogen-bond donors (Lipinski definition) is 0. The lowest BCUT2D eigenvalue weighted by molar-refractivity contribution is -0.146. The maximum Gasteiger partial charge on any atom is 0.244 e. The monoisotopic (exact) mass is 405 g/mol. The minimum atomic E-state index is -0.536. The fourth-order valence-corrected chi connectivity index (χ4v) is 4.86. The van der Waals surface area contributed by atoms with Crippen molar-refractivity contribution < 1.29 is 9.21 Å². The Bertz CT molecular complexity index is 892. The van der Waals surface area contributed by atoms with Crippen LogP contribution in [-0.4, -0.2) is 65.4 Å². The summed E-state index contributed by atoms with van der Waals surface area (Å²) in [5, 5.41) is 0. The zero-order valence-electron chi connectivity index (χ0n) is 18.1. The average Bonchev–Trinajstić information content (AvgIpc) is 3.44. The average molecular weight is 406 g/mol. The van der Waals surface area contributed by atoms with Gasteiger partial charge in [0.15, 0.2) is 0 Å². The molecule has 5 nitrogen and oxygen atoms in total. The second-order valence-corrected chi connectivity index (χ2v) is 8.24. The van der Waals surface area contributed by atoms with Crippen LogP contribution in [0.5, 0.6) is 0 Å². The van der Waals surface area contributed by atoms with Crippen molar-refractivity contribution in [2.45, 2.75) is 38.8 Å². The molecule has 1 aromatic heterocycles. The number of likely N-dealkylation sites (N-methyl/N-ethyl adjacent to an activating group) is 1. The first-order valence-electron chi connectivity index (χ1n) is 10.9. The first-order valence-corrected chi connectivity index (χ1v) is 10.9. The molecule has 1 fully saturated rings. The van der Waals surface area contributed by atoms with Crippen molar-refractivity contribution in [3.8, 4) is 11.8 Å². The van der Waals surface area contributed by atoms with E-state index in [9.17, 15) is 4.79 Å². The van der Waals surface area contributed by atoms with Gasteiger partial charge in [-0.2, -0.15) is 0 Å². The quantitative estimate of drug-likeness (QED) is 0.693. The lowest BCUT2D eigenvalue weighted by atomic mass is 9.90. The Morgan fingerprint density at radius 1 is 1.10 bits per heavy atom. The molecule has 0 unspecified atom stereocenters. The third-order valence-corrected chi connectivity index (χ3v) is 6.57. The Morgan fingerprint density at radius 3 is 2.37 bits per heavy atom. The number of rotatable bonds is 6. The SMILES string of the molecule is CC#CCN(Cc1ccco1)C(=O)C1(N2CCN(CC)CC2)Cc2ccccc2C1. The summed E-state index contributed by atoms with van der Waals surface area (Å²) in [6, 6.07) is 12.3. The van der Waals surface area contributed by atoms with Crippen LogP contribution in [0.3, 0.4) is 0 Å². The molecule has 2 aromatic rings. The summed E-state index contributed by atoms with van der Waals surface area (Å²) in [4.78, 5) is 21.0. The van der Waals surface area contributed by atoms with E-state index in [2.05, 4.69) is 52.8 Å². The largest absolute Gasteiger partial charge is 0.467 e. The zero-order chi connectivity index (χ0) is 21.0. The highest BCUT2D eigenvalue weighted by atomic mass is 16.3. The summed E-state index contributed by atoms with van der Waals surface area (Å²) in [6.45, 7) is 9.81. The zero-order valence-corrected chi connectivity index (χ0v) is 18.1. The Kier molecular flexibility index (Phi) is 6.26. The summed E-state index contributed by atoms with van der Waals surface area (Å²) in [7, 11) is 0. The van der Waals surface area contributed by atoms with Gasteiger partial charge >= 0.3 is 0 Å². The molecule has 158 valence electrons. The number of hydrogen-bond acceptors (Lipinski definition) is 4. The molecule has 0 N–H and O–H groups in total. The van der Waals surface area contributed by atoms with E-state index in [1.165, 1.54) is 11.1 Å². The Labute approximate surface area is 179 Å². The number of carbonyl (C=O) groups excluding carboxylic acids is 1. The van der Waals surface area contributed by atoms with Crippen LogP contribution in [0.15, 0.2) is 47.1 Å². The highest BCUT2D eigenvalue weighted by Crippen LogP contribution is 2.37. The van der Waals surface area contributed by atoms with Crippen LogP contribution in [0.2, 0.25) is 0 Å². The summed E-state index contributed by atoms with van der Waals surface area (Å²) < 4.78 is 5.56. The molecule has 5 heteroatoms. The van der Waals surface area contributed by atoms with Crippen molar-refractivity contribution in [2.75, 3.05) is 39.3 Å². The van der Waals surface area contributed by atoms with Gasteiger partial charge in [-0.1, -0.05) is 37.1 Å². The van der Waals surface area contributed by atoms with Crippen molar-refractivity contribution in [1.82, 2.24) is 14.7 Å². The molecule has 0 spiro atoms. The van der Waals surface area contributed by atoms with Crippen LogP contribution < -0.4 is 0 Å². The number of nitrogens with zero attached hydrogens (tertiary/aromatic N) is 3. The van der Waals surface area contributed by atoms with E-state index in [0.717, 1.165) is 51.3 Å². The van der Waals surface area contributed by atoms with E-state index in [1.807, 2.05) is 24.0 Å². The molecule has 1 amide bonds. The molecular formula is C25H31N3O2. The van der Waals surface area contributed by atoms with Crippen molar-refractivity contribution in [1.29, 1.82) is 0 Å². The summed E-state index contributed by atoms with van der Waals surface area (Å²) in [5.41, 5.74) is 2.05. The third-order valence-electron chi connectivity index (χ3n) is 6.57. The van der Waals surface area contributed by atoms with Crippen molar-refractivity contribution in [3.05, 3.63) is 59.5 Å². The number of furan rings is 1. The molecule has 0 bridgehead atoms. The highest BCUT2D eigenvalue weighted by Gasteiger charge is 2.50. The van der Waals surface area contributed by atoms with Crippen molar-refractivity contribution in [2.24, 2.45) is 0 Å². The number of carbonyl (C=O) groups is 1. The maximum absolute atomic E-state index is 14.2. The summed E-state index contributed by atoms with van der Waals surface area (Å²) in [5.74, 6) is 7.02. The minimum absolute atomic E-state index is 0.169. The molecule has 1 aliphatic heterocycles. The minimum Gasteiger partial charge on any atom is -0.467 e. The molecule has 1 saturated heterocycles. The van der Waals surface area contributed by atoms with Crippen LogP contribution in [0.1, 0.15) is 30.7 Å². The molecule has 2 aliphatic rings. The maximum atomic E-state index is 14.2. The Balaban J connectivity index is 1.65. The van der Waals surface area contributed by atoms with Gasteiger partial charge in [-0.05, 0) is 36.7 Å². The molecule has 1 aliphatic carbocycles. The van der Waals surface area contributed by atoms with Crippen LogP contribution in [-0.2, 0) is 24.2 Å². The summed E-state index contributed by atoms with van der Waals surface area (Å²) >= 11 is 0. The smallest absolute Gasteiger partial charge is 0.244 e. The van der Waals surface area contributed by atoms with E-state index in [-0.39, 0.29) is 5.91 Å². The van der Waals surface area contributed by atoms with E-state index in [0.29, 0.717) is 13.1 Å². The van der Waals surface area contributed by atoms with E-state index in [4.69, 9.17) is 4.42 Å². The predicted octanol–water partition coefficient (Wildman–Crippen LogP) is 2.81. The van der Waals surface area contributed by atoms with Gasteiger partial charge in [0.1, 0.15) is 11.3 Å². The highest BCUT2D eigenvalue weighted by molar-refractivity contribution is 5.88. The van der Waals surface area contributed by atoms with E-state index < -0.39 is 5.54 Å². The molecule has 0 saturated carbocycles. The topological polar surface area (TPSA) is 39.9 Å². The lowest BCUT2D eigenvalue weighted by Gasteiger charge is -2.46. The van der Waals surface area contributed by atoms with Crippen LogP contribution in [0.4, 0.5) is 0 Å². The van der Waals surface area contributed by atoms with Crippen LogP contribution in [0, 0.1) is 11.8 Å². The van der Waals surface area contributed by atoms with Crippen molar-refractivity contribution >= 4 is 5.91 Å². The number of fused-ring (bicyclic) bond motifs is 1. The van der Waals surface area contributed by atoms with Gasteiger partial charge in [-0.15, -0.1) is 5.92 Å². The number of piperazine rings is 1. The van der Waals surface area contributed by atoms with Gasteiger partial charge in [0.05, 0.1) is 19.4 Å². The molecule has 30 heavy (non-hydrogen) atoms. The molecule has 1 aromatic carbocycles. The third kappa shape index (κ3) is 4.03. The first kappa shape index (κ1) is 20.7. The normalized spacial score (nSPS) is 18.5. The van der Waals surface area contributed by atoms with E-state index >= 15 is 0 Å². The van der Waals surface area contributed by atoms with Gasteiger partial charge in [-0.3, -0.25) is 9.69 Å². The second kappa shape index (κ2) is 9.07. The Hall–Kier alpha value is -2.55. The Morgan fingerprint density at radius 2 is 1.80 bits per heavy atom. The molecule has 0 atom stereocenters. The number of amides is 1. The van der Waals surface area contributed by atoms with Crippen LogP contribution in [0.25, 0.3) is 0 Å². The second-order valence-electron chi connectivity index (χ2n) is 8.24. The number of benzene rings is 1. The molecular weight excluding hydrogens is 374 g/mol. The van der Waals surface area contributed by atoms with Crippen LogP contribution >= 0.6 is 0 Å². The lowest BCUT2D eigenvalue weighted by Crippen LogP contribution is -2.64. The van der Waals surface area contributed by atoms with Gasteiger partial charge < -0.3 is 14.2 Å². The fourth-order valence-electron chi connectivity index (χ4n) is 4.86. The van der Waals surface area contributed by atoms with Gasteiger partial charge in [-0.25, -0.2) is 0 Å². The first-order chi connectivity index (χ1) is 14.7. The molecule has 4 rings (SSSR count). The van der Waals surface area contributed by atoms with Gasteiger partial charge in [0, 0.05) is 39.0 Å².